The minimum absolute atomic E-state index is 0.328. The number of carbonyl (C=O) groups is 1. The minimum Gasteiger partial charge on any atom is -0.300 e. The van der Waals surface area contributed by atoms with Crippen molar-refractivity contribution in [2.75, 3.05) is 13.1 Å². The highest BCUT2D eigenvalue weighted by Gasteiger charge is 2.34. The maximum atomic E-state index is 12.0. The van der Waals surface area contributed by atoms with Crippen LogP contribution in [0.4, 0.5) is 0 Å². The molecule has 1 aliphatic heterocycles. The molecule has 3 rings (SSSR count). The number of nitrogens with zero attached hydrogens (tertiary/aromatic N) is 1. The van der Waals surface area contributed by atoms with Gasteiger partial charge in [-0.1, -0.05) is 18.9 Å². The van der Waals surface area contributed by atoms with Crippen LogP contribution in [-0.2, 0) is 0 Å². The fourth-order valence-corrected chi connectivity index (χ4v) is 4.48. The van der Waals surface area contributed by atoms with Crippen LogP contribution in [0.15, 0.2) is 17.5 Å². The molecular weight excluding hydrogens is 254 g/mol. The molecule has 0 radical (unpaired) electrons. The van der Waals surface area contributed by atoms with Crippen molar-refractivity contribution in [3.63, 3.8) is 0 Å². The van der Waals surface area contributed by atoms with E-state index in [9.17, 15) is 4.79 Å². The van der Waals surface area contributed by atoms with Gasteiger partial charge >= 0.3 is 0 Å². The minimum atomic E-state index is 0.328. The normalized spacial score (nSPS) is 27.4. The molecule has 0 amide bonds. The summed E-state index contributed by atoms with van der Waals surface area (Å²) in [6.45, 7) is 2.39. The molecule has 3 heteroatoms. The number of fused-ring (bicyclic) bond motifs is 1. The molecule has 0 N–H and O–H groups in total. The second kappa shape index (κ2) is 6.19. The standard InChI is InChI=1S/C16H23NOS/c18-15(16-8-4-12-19-16)7-3-10-17-11-9-13-5-1-2-6-14(13)17/h4,8,12-14H,1-3,5-7,9-11H2. The van der Waals surface area contributed by atoms with Gasteiger partial charge in [0.15, 0.2) is 5.78 Å². The van der Waals surface area contributed by atoms with Crippen LogP contribution >= 0.6 is 11.3 Å². The maximum absolute atomic E-state index is 12.0. The molecule has 1 saturated carbocycles. The molecular formula is C16H23NOS. The highest BCUT2D eigenvalue weighted by Crippen LogP contribution is 2.36. The first-order valence-electron chi connectivity index (χ1n) is 7.65. The summed E-state index contributed by atoms with van der Waals surface area (Å²) in [5.74, 6) is 1.29. The molecule has 19 heavy (non-hydrogen) atoms. The molecule has 1 saturated heterocycles. The molecule has 2 unspecified atom stereocenters. The Labute approximate surface area is 119 Å². The third-order valence-corrected chi connectivity index (χ3v) is 5.68. The number of carbonyl (C=O) groups excluding carboxylic acids is 1. The Morgan fingerprint density at radius 2 is 2.21 bits per heavy atom. The van der Waals surface area contributed by atoms with E-state index < -0.39 is 0 Å². The lowest BCUT2D eigenvalue weighted by Crippen LogP contribution is -2.35. The van der Waals surface area contributed by atoms with Crippen LogP contribution in [-0.4, -0.2) is 29.8 Å². The molecule has 1 aromatic rings. The first-order chi connectivity index (χ1) is 9.34. The van der Waals surface area contributed by atoms with Gasteiger partial charge in [0.1, 0.15) is 0 Å². The van der Waals surface area contributed by atoms with Crippen LogP contribution in [0, 0.1) is 5.92 Å². The van der Waals surface area contributed by atoms with E-state index in [-0.39, 0.29) is 0 Å². The molecule has 104 valence electrons. The Hall–Kier alpha value is -0.670. The second-order valence-electron chi connectivity index (χ2n) is 5.94. The molecule has 0 spiro atoms. The Bertz CT molecular complexity index is 414. The number of hydrogen-bond acceptors (Lipinski definition) is 3. The Morgan fingerprint density at radius 1 is 1.32 bits per heavy atom. The van der Waals surface area contributed by atoms with Crippen LogP contribution < -0.4 is 0 Å². The summed E-state index contributed by atoms with van der Waals surface area (Å²) < 4.78 is 0. The van der Waals surface area contributed by atoms with Crippen molar-refractivity contribution in [2.45, 2.75) is 51.0 Å². The fraction of sp³-hybridized carbons (Fsp3) is 0.688. The average molecular weight is 277 g/mol. The van der Waals surface area contributed by atoms with Gasteiger partial charge in [-0.25, -0.2) is 0 Å². The van der Waals surface area contributed by atoms with Gasteiger partial charge in [-0.2, -0.15) is 0 Å². The lowest BCUT2D eigenvalue weighted by Gasteiger charge is -2.31. The number of Topliss-reactive ketones (excluding diaryl/α,β-unsaturated/α-hetero) is 1. The van der Waals surface area contributed by atoms with Gasteiger partial charge in [0.2, 0.25) is 0 Å². The van der Waals surface area contributed by atoms with Gasteiger partial charge in [0, 0.05) is 12.5 Å². The van der Waals surface area contributed by atoms with Gasteiger partial charge in [-0.05, 0) is 56.1 Å². The van der Waals surface area contributed by atoms with Gasteiger partial charge in [0.25, 0.3) is 0 Å². The molecule has 2 aliphatic rings. The largest absolute Gasteiger partial charge is 0.300 e. The third kappa shape index (κ3) is 3.09. The number of rotatable bonds is 5. The fourth-order valence-electron chi connectivity index (χ4n) is 3.78. The van der Waals surface area contributed by atoms with E-state index in [4.69, 9.17) is 0 Å². The molecule has 2 atom stereocenters. The molecule has 0 bridgehead atoms. The summed E-state index contributed by atoms with van der Waals surface area (Å²) >= 11 is 1.57. The highest BCUT2D eigenvalue weighted by atomic mass is 32.1. The van der Waals surface area contributed by atoms with E-state index in [1.807, 2.05) is 17.5 Å². The zero-order valence-electron chi connectivity index (χ0n) is 11.5. The zero-order valence-corrected chi connectivity index (χ0v) is 12.3. The lowest BCUT2D eigenvalue weighted by atomic mass is 9.85. The van der Waals surface area contributed by atoms with Crippen molar-refractivity contribution in [1.29, 1.82) is 0 Å². The zero-order chi connectivity index (χ0) is 13.1. The lowest BCUT2D eigenvalue weighted by molar-refractivity contribution is 0.0974. The maximum Gasteiger partial charge on any atom is 0.172 e. The third-order valence-electron chi connectivity index (χ3n) is 4.77. The van der Waals surface area contributed by atoms with Crippen LogP contribution in [0.25, 0.3) is 0 Å². The SMILES string of the molecule is O=C(CCCN1CCC2CCCCC21)c1cccs1. The van der Waals surface area contributed by atoms with Gasteiger partial charge in [-0.3, -0.25) is 4.79 Å². The van der Waals surface area contributed by atoms with E-state index in [2.05, 4.69) is 4.90 Å². The van der Waals surface area contributed by atoms with Gasteiger partial charge in [0.05, 0.1) is 4.88 Å². The van der Waals surface area contributed by atoms with E-state index in [1.165, 1.54) is 38.6 Å². The van der Waals surface area contributed by atoms with Crippen molar-refractivity contribution in [2.24, 2.45) is 5.92 Å². The first kappa shape index (κ1) is 13.3. The molecule has 1 aromatic heterocycles. The van der Waals surface area contributed by atoms with Gasteiger partial charge < -0.3 is 4.90 Å². The topological polar surface area (TPSA) is 20.3 Å². The Morgan fingerprint density at radius 3 is 3.05 bits per heavy atom. The first-order valence-corrected chi connectivity index (χ1v) is 8.53. The van der Waals surface area contributed by atoms with Crippen LogP contribution in [0.3, 0.4) is 0 Å². The summed E-state index contributed by atoms with van der Waals surface area (Å²) in [7, 11) is 0. The summed E-state index contributed by atoms with van der Waals surface area (Å²) in [5.41, 5.74) is 0. The van der Waals surface area contributed by atoms with Crippen molar-refractivity contribution in [3.8, 4) is 0 Å². The van der Waals surface area contributed by atoms with Crippen molar-refractivity contribution >= 4 is 17.1 Å². The van der Waals surface area contributed by atoms with Crippen molar-refractivity contribution in [3.05, 3.63) is 22.4 Å². The molecule has 2 nitrogen and oxygen atoms in total. The molecule has 0 aromatic carbocycles. The van der Waals surface area contributed by atoms with Crippen LogP contribution in [0.5, 0.6) is 0 Å². The predicted octanol–water partition coefficient (Wildman–Crippen LogP) is 3.98. The molecule has 2 fully saturated rings. The summed E-state index contributed by atoms with van der Waals surface area (Å²) in [4.78, 5) is 15.5. The summed E-state index contributed by atoms with van der Waals surface area (Å²) in [6.07, 6.45) is 8.81. The Kier molecular flexibility index (Phi) is 4.34. The Balaban J connectivity index is 1.44. The summed E-state index contributed by atoms with van der Waals surface area (Å²) in [5, 5.41) is 1.99. The molecule has 1 aliphatic carbocycles. The number of ketones is 1. The van der Waals surface area contributed by atoms with E-state index in [0.717, 1.165) is 29.8 Å². The van der Waals surface area contributed by atoms with Gasteiger partial charge in [-0.15, -0.1) is 11.3 Å². The smallest absolute Gasteiger partial charge is 0.172 e. The van der Waals surface area contributed by atoms with Crippen molar-refractivity contribution in [1.82, 2.24) is 4.90 Å². The van der Waals surface area contributed by atoms with E-state index in [1.54, 1.807) is 11.3 Å². The summed E-state index contributed by atoms with van der Waals surface area (Å²) in [6, 6.07) is 4.75. The van der Waals surface area contributed by atoms with Crippen molar-refractivity contribution < 1.29 is 4.79 Å². The predicted molar refractivity (Wildman–Crippen MR) is 79.8 cm³/mol. The van der Waals surface area contributed by atoms with E-state index in [0.29, 0.717) is 12.2 Å². The monoisotopic (exact) mass is 277 g/mol. The van der Waals surface area contributed by atoms with E-state index >= 15 is 0 Å². The number of hydrogen-bond donors (Lipinski definition) is 0. The number of likely N-dealkylation sites (tertiary alicyclic amines) is 1. The molecule has 2 heterocycles. The van der Waals surface area contributed by atoms with Crippen LogP contribution in [0.1, 0.15) is 54.6 Å². The average Bonchev–Trinajstić information content (AvgIpc) is 3.08. The second-order valence-corrected chi connectivity index (χ2v) is 6.89. The van der Waals surface area contributed by atoms with Crippen LogP contribution in [0.2, 0.25) is 0 Å². The highest BCUT2D eigenvalue weighted by molar-refractivity contribution is 7.12. The quantitative estimate of drug-likeness (QED) is 0.759. The number of thiophene rings is 1.